The summed E-state index contributed by atoms with van der Waals surface area (Å²) in [7, 11) is -3.58. The number of carbonyl (C=O) groups is 1. The monoisotopic (exact) mass is 258 g/mol. The van der Waals surface area contributed by atoms with E-state index in [2.05, 4.69) is 6.58 Å². The van der Waals surface area contributed by atoms with Gasteiger partial charge in [-0.3, -0.25) is 4.18 Å². The zero-order valence-electron chi connectivity index (χ0n) is 9.46. The third kappa shape index (κ3) is 1.34. The number of carbonyl (C=O) groups excluding carboxylic acids is 1. The van der Waals surface area contributed by atoms with Gasteiger partial charge in [-0.05, 0) is 12.8 Å². The molecule has 0 radical (unpaired) electrons. The molecule has 0 N–H and O–H groups in total. The Hall–Kier alpha value is -0.880. The first kappa shape index (κ1) is 11.2. The van der Waals surface area contributed by atoms with Crippen LogP contribution in [0.25, 0.3) is 0 Å². The number of hydrogen-bond acceptors (Lipinski definition) is 5. The van der Waals surface area contributed by atoms with E-state index in [1.54, 1.807) is 0 Å². The van der Waals surface area contributed by atoms with Gasteiger partial charge in [0, 0.05) is 17.4 Å². The molecule has 3 fully saturated rings. The lowest BCUT2D eigenvalue weighted by molar-refractivity contribution is -0.148. The maximum Gasteiger partial charge on any atom is 0.330 e. The van der Waals surface area contributed by atoms with Gasteiger partial charge in [-0.15, -0.1) is 0 Å². The summed E-state index contributed by atoms with van der Waals surface area (Å²) in [6, 6.07) is 0. The van der Waals surface area contributed by atoms with Crippen molar-refractivity contribution in [3.8, 4) is 0 Å². The molecule has 94 valence electrons. The van der Waals surface area contributed by atoms with E-state index in [1.165, 1.54) is 0 Å². The van der Waals surface area contributed by atoms with Gasteiger partial charge < -0.3 is 4.74 Å². The van der Waals surface area contributed by atoms with Gasteiger partial charge in [0.05, 0.1) is 6.10 Å². The molecule has 2 aliphatic carbocycles. The summed E-state index contributed by atoms with van der Waals surface area (Å²) in [5.41, 5.74) is -0.276. The van der Waals surface area contributed by atoms with E-state index in [9.17, 15) is 13.2 Å². The Morgan fingerprint density at radius 3 is 2.88 bits per heavy atom. The second-order valence-electron chi connectivity index (χ2n) is 5.38. The van der Waals surface area contributed by atoms with Crippen LogP contribution < -0.4 is 0 Å². The van der Waals surface area contributed by atoms with Crippen molar-refractivity contribution in [3.05, 3.63) is 12.7 Å². The van der Waals surface area contributed by atoms with Crippen LogP contribution in [0.15, 0.2) is 12.7 Å². The van der Waals surface area contributed by atoms with Gasteiger partial charge in [-0.25, -0.2) is 4.79 Å². The Morgan fingerprint density at radius 2 is 2.24 bits per heavy atom. The SMILES string of the molecule is C=CC(=O)OC1C2C3CC1(C)CC3OS2(=O)=O. The van der Waals surface area contributed by atoms with Crippen molar-refractivity contribution in [2.45, 2.75) is 37.2 Å². The number of ether oxygens (including phenoxy) is 1. The third-order valence-corrected chi connectivity index (χ3v) is 6.03. The Kier molecular flexibility index (Phi) is 2.06. The molecule has 3 aliphatic rings. The molecular formula is C11H14O5S. The lowest BCUT2D eigenvalue weighted by atomic mass is 9.82. The van der Waals surface area contributed by atoms with Crippen molar-refractivity contribution >= 4 is 16.1 Å². The van der Waals surface area contributed by atoms with Crippen LogP contribution in [-0.4, -0.2) is 31.8 Å². The fourth-order valence-electron chi connectivity index (χ4n) is 3.64. The van der Waals surface area contributed by atoms with Crippen LogP contribution in [0.5, 0.6) is 0 Å². The standard InChI is InChI=1S/C11H14O5S/c1-3-8(12)15-10-9-6-4-11(10,2)5-7(6)16-17(9,13)14/h3,6-7,9-10H,1,4-5H2,2H3. The van der Waals surface area contributed by atoms with Gasteiger partial charge in [-0.1, -0.05) is 13.5 Å². The highest BCUT2D eigenvalue weighted by atomic mass is 32.2. The van der Waals surface area contributed by atoms with Gasteiger partial charge >= 0.3 is 5.97 Å². The largest absolute Gasteiger partial charge is 0.457 e. The van der Waals surface area contributed by atoms with Crippen molar-refractivity contribution in [1.82, 2.24) is 0 Å². The second kappa shape index (κ2) is 3.11. The molecule has 3 rings (SSSR count). The molecule has 5 unspecified atom stereocenters. The topological polar surface area (TPSA) is 69.7 Å². The van der Waals surface area contributed by atoms with Crippen molar-refractivity contribution < 1.29 is 22.1 Å². The normalized spacial score (nSPS) is 49.2. The van der Waals surface area contributed by atoms with Gasteiger partial charge in [0.1, 0.15) is 11.4 Å². The molecule has 17 heavy (non-hydrogen) atoms. The molecule has 1 saturated heterocycles. The number of rotatable bonds is 2. The van der Waals surface area contributed by atoms with Gasteiger partial charge in [0.2, 0.25) is 0 Å². The highest BCUT2D eigenvalue weighted by Crippen LogP contribution is 2.62. The molecule has 5 nitrogen and oxygen atoms in total. The van der Waals surface area contributed by atoms with E-state index in [0.717, 1.165) is 12.5 Å². The average molecular weight is 258 g/mol. The fourth-order valence-corrected chi connectivity index (χ4v) is 5.71. The van der Waals surface area contributed by atoms with Crippen molar-refractivity contribution in [3.63, 3.8) is 0 Å². The molecule has 0 aromatic rings. The third-order valence-electron chi connectivity index (χ3n) is 4.26. The fraction of sp³-hybridized carbons (Fsp3) is 0.727. The summed E-state index contributed by atoms with van der Waals surface area (Å²) in [4.78, 5) is 11.3. The van der Waals surface area contributed by atoms with Gasteiger partial charge in [0.15, 0.2) is 0 Å². The van der Waals surface area contributed by atoms with E-state index < -0.39 is 27.4 Å². The van der Waals surface area contributed by atoms with Gasteiger partial charge in [-0.2, -0.15) is 8.42 Å². The number of esters is 1. The number of fused-ring (bicyclic) bond motifs is 1. The molecular weight excluding hydrogens is 244 g/mol. The minimum atomic E-state index is -3.58. The van der Waals surface area contributed by atoms with E-state index in [-0.39, 0.29) is 17.4 Å². The minimum Gasteiger partial charge on any atom is -0.457 e. The first-order chi connectivity index (χ1) is 7.87. The molecule has 1 heterocycles. The predicted molar refractivity (Wildman–Crippen MR) is 58.5 cm³/mol. The van der Waals surface area contributed by atoms with Crippen molar-refractivity contribution in [2.24, 2.45) is 11.3 Å². The van der Waals surface area contributed by atoms with Gasteiger partial charge in [0.25, 0.3) is 10.1 Å². The molecule has 0 spiro atoms. The smallest absolute Gasteiger partial charge is 0.330 e. The van der Waals surface area contributed by atoms with Crippen LogP contribution in [0, 0.1) is 11.3 Å². The lowest BCUT2D eigenvalue weighted by Gasteiger charge is -2.31. The quantitative estimate of drug-likeness (QED) is 0.412. The molecule has 2 saturated carbocycles. The zero-order chi connectivity index (χ0) is 12.4. The second-order valence-corrected chi connectivity index (χ2v) is 7.10. The summed E-state index contributed by atoms with van der Waals surface area (Å²) in [6.45, 7) is 5.29. The first-order valence-corrected chi connectivity index (χ1v) is 7.10. The molecule has 5 atom stereocenters. The molecule has 6 heteroatoms. The van der Waals surface area contributed by atoms with Crippen molar-refractivity contribution in [1.29, 1.82) is 0 Å². The lowest BCUT2D eigenvalue weighted by Crippen LogP contribution is -2.43. The zero-order valence-corrected chi connectivity index (χ0v) is 10.3. The van der Waals surface area contributed by atoms with Crippen LogP contribution in [-0.2, 0) is 23.8 Å². The average Bonchev–Trinajstić information content (AvgIpc) is 2.72. The van der Waals surface area contributed by atoms with Crippen LogP contribution in [0.4, 0.5) is 0 Å². The van der Waals surface area contributed by atoms with E-state index >= 15 is 0 Å². The summed E-state index contributed by atoms with van der Waals surface area (Å²) in [5, 5.41) is -0.685. The summed E-state index contributed by atoms with van der Waals surface area (Å²) >= 11 is 0. The molecule has 0 amide bonds. The van der Waals surface area contributed by atoms with E-state index in [1.807, 2.05) is 6.92 Å². The molecule has 0 aromatic heterocycles. The van der Waals surface area contributed by atoms with Crippen molar-refractivity contribution in [2.75, 3.05) is 0 Å². The minimum absolute atomic E-state index is 0.0207. The molecule has 0 aromatic carbocycles. The predicted octanol–water partition coefficient (Wildman–Crippen LogP) is 0.611. The summed E-state index contributed by atoms with van der Waals surface area (Å²) in [5.74, 6) is -0.588. The molecule has 2 bridgehead atoms. The van der Waals surface area contributed by atoms with Crippen LogP contribution in [0.2, 0.25) is 0 Å². The Balaban J connectivity index is 1.99. The highest BCUT2D eigenvalue weighted by molar-refractivity contribution is 7.87. The Morgan fingerprint density at radius 1 is 1.53 bits per heavy atom. The summed E-state index contributed by atoms with van der Waals surface area (Å²) < 4.78 is 34.1. The molecule has 1 aliphatic heterocycles. The Labute approximate surface area is 99.9 Å². The van der Waals surface area contributed by atoms with E-state index in [0.29, 0.717) is 6.42 Å². The maximum atomic E-state index is 11.9. The van der Waals surface area contributed by atoms with Crippen LogP contribution in [0.1, 0.15) is 19.8 Å². The van der Waals surface area contributed by atoms with E-state index in [4.69, 9.17) is 8.92 Å². The Bertz CT molecular complexity index is 492. The maximum absolute atomic E-state index is 11.9. The number of hydrogen-bond donors (Lipinski definition) is 0. The summed E-state index contributed by atoms with van der Waals surface area (Å²) in [6.07, 6.45) is 1.64. The van der Waals surface area contributed by atoms with Crippen LogP contribution in [0.3, 0.4) is 0 Å². The highest BCUT2D eigenvalue weighted by Gasteiger charge is 2.70. The first-order valence-electron chi connectivity index (χ1n) is 5.62. The van der Waals surface area contributed by atoms with Crippen LogP contribution >= 0.6 is 0 Å².